The molecule has 106 valence electrons. The van der Waals surface area contributed by atoms with Gasteiger partial charge in [-0.1, -0.05) is 35.9 Å². The first-order valence-corrected chi connectivity index (χ1v) is 7.03. The summed E-state index contributed by atoms with van der Waals surface area (Å²) in [6, 6.07) is 13.6. The molecule has 4 heteroatoms. The maximum atomic E-state index is 6.21. The van der Waals surface area contributed by atoms with Crippen LogP contribution in [-0.2, 0) is 0 Å². The van der Waals surface area contributed by atoms with Crippen LogP contribution >= 0.6 is 11.6 Å². The minimum absolute atomic E-state index is 0.0582. The van der Waals surface area contributed by atoms with Gasteiger partial charge in [0.15, 0.2) is 0 Å². The van der Waals surface area contributed by atoms with Gasteiger partial charge in [0.2, 0.25) is 0 Å². The van der Waals surface area contributed by atoms with Crippen molar-refractivity contribution in [1.29, 1.82) is 0 Å². The summed E-state index contributed by atoms with van der Waals surface area (Å²) < 4.78 is 5.50. The third-order valence-electron chi connectivity index (χ3n) is 3.11. The van der Waals surface area contributed by atoms with Gasteiger partial charge in [0.05, 0.1) is 24.0 Å². The molecule has 0 bridgehead atoms. The highest BCUT2D eigenvalue weighted by Crippen LogP contribution is 2.33. The van der Waals surface area contributed by atoms with E-state index in [0.717, 1.165) is 16.3 Å². The number of nitrogen functional groups attached to an aromatic ring is 1. The van der Waals surface area contributed by atoms with Gasteiger partial charge in [0.1, 0.15) is 5.75 Å². The minimum atomic E-state index is 0.0582. The summed E-state index contributed by atoms with van der Waals surface area (Å²) in [5.41, 5.74) is 8.62. The number of hydrogen-bond acceptors (Lipinski definition) is 3. The average Bonchev–Trinajstić information content (AvgIpc) is 2.44. The molecule has 2 rings (SSSR count). The molecule has 2 aromatic rings. The Labute approximate surface area is 124 Å². The number of para-hydroxylation sites is 1. The van der Waals surface area contributed by atoms with Crippen LogP contribution in [0.2, 0.25) is 5.02 Å². The van der Waals surface area contributed by atoms with E-state index in [1.54, 1.807) is 0 Å². The Bertz CT molecular complexity index is 586. The molecule has 0 heterocycles. The molecule has 3 nitrogen and oxygen atoms in total. The molecule has 1 unspecified atom stereocenters. The monoisotopic (exact) mass is 290 g/mol. The first-order valence-electron chi connectivity index (χ1n) is 6.65. The fourth-order valence-corrected chi connectivity index (χ4v) is 2.39. The van der Waals surface area contributed by atoms with Gasteiger partial charge in [0.25, 0.3) is 0 Å². The van der Waals surface area contributed by atoms with Crippen molar-refractivity contribution in [2.75, 3.05) is 17.7 Å². The number of rotatable bonds is 5. The third kappa shape index (κ3) is 3.17. The minimum Gasteiger partial charge on any atom is -0.492 e. The molecule has 0 fully saturated rings. The highest BCUT2D eigenvalue weighted by molar-refractivity contribution is 6.31. The Balaban J connectivity index is 2.22. The standard InChI is InChI=1S/C16H19ClN2O/c1-3-20-15-10-6-9-14(16(15)18)19-11(2)12-7-4-5-8-13(12)17/h4-11,19H,3,18H2,1-2H3. The lowest BCUT2D eigenvalue weighted by atomic mass is 10.1. The van der Waals surface area contributed by atoms with E-state index in [-0.39, 0.29) is 6.04 Å². The summed E-state index contributed by atoms with van der Waals surface area (Å²) in [5, 5.41) is 4.12. The van der Waals surface area contributed by atoms with E-state index in [2.05, 4.69) is 5.32 Å². The maximum Gasteiger partial charge on any atom is 0.144 e. The van der Waals surface area contributed by atoms with E-state index < -0.39 is 0 Å². The van der Waals surface area contributed by atoms with E-state index in [1.165, 1.54) is 0 Å². The molecule has 0 spiro atoms. The second kappa shape index (κ2) is 6.53. The number of nitrogens with two attached hydrogens (primary N) is 1. The van der Waals surface area contributed by atoms with Crippen molar-refractivity contribution in [3.63, 3.8) is 0 Å². The molecule has 2 aromatic carbocycles. The van der Waals surface area contributed by atoms with E-state index in [4.69, 9.17) is 22.1 Å². The Hall–Kier alpha value is -1.87. The summed E-state index contributed by atoms with van der Waals surface area (Å²) in [6.07, 6.45) is 0. The summed E-state index contributed by atoms with van der Waals surface area (Å²) in [5.74, 6) is 0.698. The average molecular weight is 291 g/mol. The first kappa shape index (κ1) is 14.5. The second-order valence-electron chi connectivity index (χ2n) is 4.54. The number of nitrogens with one attached hydrogen (secondary N) is 1. The van der Waals surface area contributed by atoms with Crippen molar-refractivity contribution in [2.24, 2.45) is 0 Å². The Kier molecular flexibility index (Phi) is 4.74. The molecule has 0 saturated carbocycles. The summed E-state index contributed by atoms with van der Waals surface area (Å²) in [4.78, 5) is 0. The number of halogens is 1. The van der Waals surface area contributed by atoms with Gasteiger partial charge in [-0.15, -0.1) is 0 Å². The summed E-state index contributed by atoms with van der Waals surface area (Å²) in [6.45, 7) is 4.58. The van der Waals surface area contributed by atoms with Gasteiger partial charge < -0.3 is 15.8 Å². The normalized spacial score (nSPS) is 11.9. The lowest BCUT2D eigenvalue weighted by Gasteiger charge is -2.19. The topological polar surface area (TPSA) is 47.3 Å². The van der Waals surface area contributed by atoms with E-state index >= 15 is 0 Å². The lowest BCUT2D eigenvalue weighted by molar-refractivity contribution is 0.342. The SMILES string of the molecule is CCOc1cccc(NC(C)c2ccccc2Cl)c1N. The van der Waals surface area contributed by atoms with Crippen LogP contribution in [0.1, 0.15) is 25.5 Å². The molecule has 0 amide bonds. The molecule has 20 heavy (non-hydrogen) atoms. The highest BCUT2D eigenvalue weighted by atomic mass is 35.5. The molecule has 0 aliphatic carbocycles. The van der Waals surface area contributed by atoms with Gasteiger partial charge in [-0.2, -0.15) is 0 Å². The van der Waals surface area contributed by atoms with E-state index in [9.17, 15) is 0 Å². The van der Waals surface area contributed by atoms with E-state index in [0.29, 0.717) is 18.0 Å². The number of anilines is 2. The van der Waals surface area contributed by atoms with Crippen molar-refractivity contribution in [2.45, 2.75) is 19.9 Å². The van der Waals surface area contributed by atoms with Crippen LogP contribution in [0.25, 0.3) is 0 Å². The van der Waals surface area contributed by atoms with Crippen LogP contribution in [0.15, 0.2) is 42.5 Å². The first-order chi connectivity index (χ1) is 9.63. The summed E-state index contributed by atoms with van der Waals surface area (Å²) >= 11 is 6.21. The van der Waals surface area contributed by atoms with Gasteiger partial charge >= 0.3 is 0 Å². The largest absolute Gasteiger partial charge is 0.492 e. The summed E-state index contributed by atoms with van der Waals surface area (Å²) in [7, 11) is 0. The van der Waals surface area contributed by atoms with Crippen molar-refractivity contribution in [1.82, 2.24) is 0 Å². The van der Waals surface area contributed by atoms with E-state index in [1.807, 2.05) is 56.3 Å². The van der Waals surface area contributed by atoms with Crippen LogP contribution in [0, 0.1) is 0 Å². The van der Waals surface area contributed by atoms with Crippen molar-refractivity contribution in [3.8, 4) is 5.75 Å². The Morgan fingerprint density at radius 3 is 2.65 bits per heavy atom. The lowest BCUT2D eigenvalue weighted by Crippen LogP contribution is -2.09. The molecule has 3 N–H and O–H groups in total. The Morgan fingerprint density at radius 1 is 1.20 bits per heavy atom. The zero-order valence-corrected chi connectivity index (χ0v) is 12.4. The molecule has 1 atom stereocenters. The van der Waals surface area contributed by atoms with Crippen LogP contribution in [0.4, 0.5) is 11.4 Å². The number of hydrogen-bond donors (Lipinski definition) is 2. The fourth-order valence-electron chi connectivity index (χ4n) is 2.09. The van der Waals surface area contributed by atoms with Gasteiger partial charge in [-0.05, 0) is 37.6 Å². The van der Waals surface area contributed by atoms with Crippen LogP contribution in [-0.4, -0.2) is 6.61 Å². The predicted molar refractivity (Wildman–Crippen MR) is 85.5 cm³/mol. The van der Waals surface area contributed by atoms with Crippen LogP contribution < -0.4 is 15.8 Å². The molecule has 0 aliphatic rings. The number of benzene rings is 2. The zero-order valence-electron chi connectivity index (χ0n) is 11.7. The maximum absolute atomic E-state index is 6.21. The van der Waals surface area contributed by atoms with Gasteiger partial charge in [-0.3, -0.25) is 0 Å². The quantitative estimate of drug-likeness (QED) is 0.797. The fraction of sp³-hybridized carbons (Fsp3) is 0.250. The van der Waals surface area contributed by atoms with Crippen molar-refractivity contribution < 1.29 is 4.74 Å². The molecule has 0 radical (unpaired) electrons. The molecular weight excluding hydrogens is 272 g/mol. The molecule has 0 aromatic heterocycles. The van der Waals surface area contributed by atoms with Crippen molar-refractivity contribution >= 4 is 23.0 Å². The predicted octanol–water partition coefficient (Wildman–Crippen LogP) is 4.49. The van der Waals surface area contributed by atoms with Gasteiger partial charge in [-0.25, -0.2) is 0 Å². The zero-order chi connectivity index (χ0) is 14.5. The molecule has 0 aliphatic heterocycles. The smallest absolute Gasteiger partial charge is 0.144 e. The molecular formula is C16H19ClN2O. The second-order valence-corrected chi connectivity index (χ2v) is 4.95. The molecule has 0 saturated heterocycles. The van der Waals surface area contributed by atoms with Crippen LogP contribution in [0.3, 0.4) is 0 Å². The highest BCUT2D eigenvalue weighted by Gasteiger charge is 2.12. The number of ether oxygens (including phenoxy) is 1. The van der Waals surface area contributed by atoms with Gasteiger partial charge in [0, 0.05) is 5.02 Å². The third-order valence-corrected chi connectivity index (χ3v) is 3.45. The Morgan fingerprint density at radius 2 is 1.95 bits per heavy atom. The van der Waals surface area contributed by atoms with Crippen LogP contribution in [0.5, 0.6) is 5.75 Å². The van der Waals surface area contributed by atoms with Crippen molar-refractivity contribution in [3.05, 3.63) is 53.1 Å².